The fourth-order valence-electron chi connectivity index (χ4n) is 4.77. The summed E-state index contributed by atoms with van der Waals surface area (Å²) in [6.45, 7) is 3.20. The molecule has 0 aliphatic heterocycles. The van der Waals surface area contributed by atoms with Crippen molar-refractivity contribution in [2.75, 3.05) is 6.61 Å². The monoisotopic (exact) mass is 532 g/mol. The van der Waals surface area contributed by atoms with E-state index in [-0.39, 0.29) is 18.8 Å². The summed E-state index contributed by atoms with van der Waals surface area (Å²) < 4.78 is 5.11. The molecule has 5 heteroatoms. The van der Waals surface area contributed by atoms with Crippen molar-refractivity contribution in [1.82, 2.24) is 4.90 Å². The minimum absolute atomic E-state index is 0.0229. The summed E-state index contributed by atoms with van der Waals surface area (Å²) in [6.07, 6.45) is 0.356. The summed E-state index contributed by atoms with van der Waals surface area (Å²) in [4.78, 5) is 33.1. The molecule has 0 saturated carbocycles. The van der Waals surface area contributed by atoms with E-state index in [2.05, 4.69) is 46.3 Å². The molecule has 0 bridgehead atoms. The van der Waals surface area contributed by atoms with E-state index in [1.54, 1.807) is 6.92 Å². The van der Waals surface area contributed by atoms with Gasteiger partial charge in [-0.2, -0.15) is 4.99 Å². The summed E-state index contributed by atoms with van der Waals surface area (Å²) in [5, 5.41) is 0. The molecular formula is C35H36N2O3. The van der Waals surface area contributed by atoms with Crippen molar-refractivity contribution >= 4 is 17.6 Å². The van der Waals surface area contributed by atoms with Crippen LogP contribution in [-0.4, -0.2) is 35.1 Å². The number of benzene rings is 4. The van der Waals surface area contributed by atoms with Crippen molar-refractivity contribution in [2.24, 2.45) is 4.99 Å². The Morgan fingerprint density at radius 3 is 1.60 bits per heavy atom. The Bertz CT molecular complexity index is 1320. The van der Waals surface area contributed by atoms with Crippen LogP contribution in [0.2, 0.25) is 0 Å². The molecule has 1 amide bonds. The molecule has 1 atom stereocenters. The standard InChI is InChI=1S/C35H36N2O3/c1-2-40-35(39)36-32(23-28-15-7-3-8-16-28)25-34(38)33(24-29-17-9-4-10-18-29)37(26-30-19-11-5-12-20-30)27-31-21-13-6-14-22-31/h3-22,33H,2,23-27H2,1H3/t33-/m0/s1. The minimum Gasteiger partial charge on any atom is -0.448 e. The zero-order valence-electron chi connectivity index (χ0n) is 23.0. The molecule has 0 fully saturated rings. The highest BCUT2D eigenvalue weighted by Gasteiger charge is 2.28. The molecule has 0 aromatic heterocycles. The number of hydrogen-bond donors (Lipinski definition) is 0. The molecule has 0 unspecified atom stereocenters. The van der Waals surface area contributed by atoms with Crippen molar-refractivity contribution in [1.29, 1.82) is 0 Å². The molecule has 0 saturated heterocycles. The van der Waals surface area contributed by atoms with Crippen LogP contribution >= 0.6 is 0 Å². The van der Waals surface area contributed by atoms with E-state index >= 15 is 0 Å². The van der Waals surface area contributed by atoms with Crippen LogP contribution in [0.1, 0.15) is 35.6 Å². The van der Waals surface area contributed by atoms with Crippen molar-refractivity contribution in [3.63, 3.8) is 0 Å². The van der Waals surface area contributed by atoms with Gasteiger partial charge in [-0.25, -0.2) is 4.79 Å². The Kier molecular flexibility index (Phi) is 11.0. The Hall–Kier alpha value is -4.35. The topological polar surface area (TPSA) is 59.0 Å². The van der Waals surface area contributed by atoms with Crippen molar-refractivity contribution in [2.45, 2.75) is 45.3 Å². The zero-order chi connectivity index (χ0) is 28.0. The Morgan fingerprint density at radius 2 is 1.12 bits per heavy atom. The van der Waals surface area contributed by atoms with Gasteiger partial charge in [0, 0.05) is 31.6 Å². The quantitative estimate of drug-likeness (QED) is 0.172. The smallest absolute Gasteiger partial charge is 0.433 e. The second-order valence-corrected chi connectivity index (χ2v) is 9.76. The fraction of sp³-hybridized carbons (Fsp3) is 0.229. The van der Waals surface area contributed by atoms with Crippen LogP contribution in [0.25, 0.3) is 0 Å². The first-order valence-electron chi connectivity index (χ1n) is 13.8. The van der Waals surface area contributed by atoms with Crippen LogP contribution in [0.3, 0.4) is 0 Å². The maximum Gasteiger partial charge on any atom is 0.433 e. The van der Waals surface area contributed by atoms with E-state index in [1.165, 1.54) is 0 Å². The third kappa shape index (κ3) is 9.14. The third-order valence-electron chi connectivity index (χ3n) is 6.69. The van der Waals surface area contributed by atoms with Gasteiger partial charge in [-0.1, -0.05) is 121 Å². The Morgan fingerprint density at radius 1 is 0.675 bits per heavy atom. The van der Waals surface area contributed by atoms with E-state index in [0.29, 0.717) is 31.6 Å². The number of hydrogen-bond acceptors (Lipinski definition) is 4. The summed E-state index contributed by atoms with van der Waals surface area (Å²) in [5.74, 6) is 0.0229. The minimum atomic E-state index is -0.661. The average Bonchev–Trinajstić information content (AvgIpc) is 2.98. The summed E-state index contributed by atoms with van der Waals surface area (Å²) >= 11 is 0. The van der Waals surface area contributed by atoms with Gasteiger partial charge in [0.15, 0.2) is 5.78 Å². The van der Waals surface area contributed by atoms with Crippen LogP contribution in [0.15, 0.2) is 126 Å². The van der Waals surface area contributed by atoms with Gasteiger partial charge in [0.2, 0.25) is 0 Å². The van der Waals surface area contributed by atoms with Crippen LogP contribution in [0.5, 0.6) is 0 Å². The highest BCUT2D eigenvalue weighted by atomic mass is 16.5. The third-order valence-corrected chi connectivity index (χ3v) is 6.69. The lowest BCUT2D eigenvalue weighted by Gasteiger charge is -2.31. The lowest BCUT2D eigenvalue weighted by molar-refractivity contribution is -0.123. The molecule has 40 heavy (non-hydrogen) atoms. The maximum absolute atomic E-state index is 14.2. The van der Waals surface area contributed by atoms with E-state index in [9.17, 15) is 9.59 Å². The van der Waals surface area contributed by atoms with Gasteiger partial charge in [0.25, 0.3) is 0 Å². The predicted octanol–water partition coefficient (Wildman–Crippen LogP) is 7.10. The normalized spacial score (nSPS) is 12.2. The molecule has 204 valence electrons. The van der Waals surface area contributed by atoms with Crippen molar-refractivity contribution in [3.8, 4) is 0 Å². The van der Waals surface area contributed by atoms with Crippen LogP contribution < -0.4 is 0 Å². The van der Waals surface area contributed by atoms with Crippen molar-refractivity contribution < 1.29 is 14.3 Å². The van der Waals surface area contributed by atoms with Gasteiger partial charge in [0.1, 0.15) is 0 Å². The first-order chi connectivity index (χ1) is 19.6. The molecule has 0 radical (unpaired) electrons. The number of nitrogens with zero attached hydrogens (tertiary/aromatic N) is 2. The van der Waals surface area contributed by atoms with E-state index in [1.807, 2.05) is 84.9 Å². The van der Waals surface area contributed by atoms with E-state index < -0.39 is 12.1 Å². The molecule has 0 spiro atoms. The predicted molar refractivity (Wildman–Crippen MR) is 160 cm³/mol. The molecular weight excluding hydrogens is 496 g/mol. The largest absolute Gasteiger partial charge is 0.448 e. The molecule has 4 rings (SSSR count). The van der Waals surface area contributed by atoms with Crippen molar-refractivity contribution in [3.05, 3.63) is 144 Å². The van der Waals surface area contributed by atoms with Crippen LogP contribution in [0.4, 0.5) is 4.79 Å². The number of carbonyl (C=O) groups excluding carboxylic acids is 2. The molecule has 0 aliphatic rings. The second kappa shape index (κ2) is 15.3. The number of rotatable bonds is 13. The van der Waals surface area contributed by atoms with Crippen LogP contribution in [-0.2, 0) is 35.5 Å². The molecule has 0 N–H and O–H groups in total. The van der Waals surface area contributed by atoms with Crippen LogP contribution in [0, 0.1) is 0 Å². The number of carbonyl (C=O) groups is 2. The SMILES string of the molecule is CCOC(=O)N=C(CC(=O)[C@H](Cc1ccccc1)N(Cc1ccccc1)Cc1ccccc1)Cc1ccccc1. The first-order valence-corrected chi connectivity index (χ1v) is 13.8. The maximum atomic E-state index is 14.2. The highest BCUT2D eigenvalue weighted by molar-refractivity contribution is 6.07. The number of ether oxygens (including phenoxy) is 1. The molecule has 4 aromatic carbocycles. The first kappa shape index (κ1) is 28.7. The summed E-state index contributed by atoms with van der Waals surface area (Å²) in [7, 11) is 0. The number of ketones is 1. The van der Waals surface area contributed by atoms with Gasteiger partial charge in [-0.05, 0) is 35.6 Å². The number of aliphatic imine (C=N–C) groups is 1. The summed E-state index contributed by atoms with van der Waals surface area (Å²) in [5.41, 5.74) is 4.84. The second-order valence-electron chi connectivity index (χ2n) is 9.76. The average molecular weight is 533 g/mol. The summed E-state index contributed by atoms with van der Waals surface area (Å²) in [6, 6.07) is 39.9. The lowest BCUT2D eigenvalue weighted by Crippen LogP contribution is -2.43. The number of Topliss-reactive ketones (excluding diaryl/α,β-unsaturated/α-hetero) is 1. The molecule has 0 aliphatic carbocycles. The fourth-order valence-corrected chi connectivity index (χ4v) is 4.77. The molecule has 5 nitrogen and oxygen atoms in total. The number of amides is 1. The van der Waals surface area contributed by atoms with E-state index in [0.717, 1.165) is 22.3 Å². The Balaban J connectivity index is 1.67. The molecule has 0 heterocycles. The Labute approximate surface area is 237 Å². The van der Waals surface area contributed by atoms with Gasteiger partial charge >= 0.3 is 6.09 Å². The lowest BCUT2D eigenvalue weighted by atomic mass is 9.94. The molecule has 4 aromatic rings. The van der Waals surface area contributed by atoms with E-state index in [4.69, 9.17) is 4.74 Å². The zero-order valence-corrected chi connectivity index (χ0v) is 23.0. The highest BCUT2D eigenvalue weighted by Crippen LogP contribution is 2.20. The van der Waals surface area contributed by atoms with Gasteiger partial charge in [0.05, 0.1) is 12.6 Å². The van der Waals surface area contributed by atoms with Gasteiger partial charge in [-0.15, -0.1) is 0 Å². The van der Waals surface area contributed by atoms with Gasteiger partial charge in [-0.3, -0.25) is 9.69 Å². The van der Waals surface area contributed by atoms with Gasteiger partial charge < -0.3 is 4.74 Å².